The van der Waals surface area contributed by atoms with Crippen LogP contribution in [0.15, 0.2) is 138 Å². The Kier molecular flexibility index (Phi) is 6.53. The standard InChI is InChI=1S/C41H33BO3/c1-41(2)36-16-7-6-12-30(36)31-23-22-29(25-37(31)41)35(24-26-18-20-28(21-19-26)27-10-4-3-5-11-27)34-14-8-13-32-33-15-9-17-38(42(43)44)40(33)45-39(32)34/h3-23,25,35,43-44H,24H2,1-2H3. The first-order chi connectivity index (χ1) is 21.9. The first-order valence-corrected chi connectivity index (χ1v) is 15.6. The van der Waals surface area contributed by atoms with Crippen LogP contribution in [-0.4, -0.2) is 17.2 Å². The molecule has 0 amide bonds. The summed E-state index contributed by atoms with van der Waals surface area (Å²) in [6.45, 7) is 4.64. The monoisotopic (exact) mass is 584 g/mol. The van der Waals surface area contributed by atoms with Gasteiger partial charge in [0.15, 0.2) is 0 Å². The Bertz CT molecular complexity index is 2190. The van der Waals surface area contributed by atoms with E-state index in [1.807, 2.05) is 18.2 Å². The molecule has 7 aromatic rings. The summed E-state index contributed by atoms with van der Waals surface area (Å²) >= 11 is 0. The number of para-hydroxylation sites is 2. The minimum absolute atomic E-state index is 0.00384. The third-order valence-corrected chi connectivity index (χ3v) is 9.75. The lowest BCUT2D eigenvalue weighted by Gasteiger charge is -2.24. The molecule has 1 atom stereocenters. The minimum Gasteiger partial charge on any atom is -0.456 e. The highest BCUT2D eigenvalue weighted by Gasteiger charge is 2.36. The van der Waals surface area contributed by atoms with Crippen molar-refractivity contribution in [2.24, 2.45) is 0 Å². The first kappa shape index (κ1) is 27.6. The lowest BCUT2D eigenvalue weighted by Crippen LogP contribution is -2.29. The summed E-state index contributed by atoms with van der Waals surface area (Å²) in [4.78, 5) is 0. The normalized spacial score (nSPS) is 14.0. The van der Waals surface area contributed by atoms with Gasteiger partial charge in [0, 0.05) is 33.1 Å². The van der Waals surface area contributed by atoms with E-state index < -0.39 is 7.12 Å². The van der Waals surface area contributed by atoms with Gasteiger partial charge in [-0.15, -0.1) is 0 Å². The molecule has 8 rings (SSSR count). The zero-order valence-corrected chi connectivity index (χ0v) is 25.4. The van der Waals surface area contributed by atoms with E-state index in [2.05, 4.69) is 123 Å². The van der Waals surface area contributed by atoms with Crippen LogP contribution in [0.5, 0.6) is 0 Å². The van der Waals surface area contributed by atoms with Crippen LogP contribution in [0.3, 0.4) is 0 Å². The first-order valence-electron chi connectivity index (χ1n) is 15.6. The summed E-state index contributed by atoms with van der Waals surface area (Å²) in [6, 6.07) is 47.0. The molecule has 4 heteroatoms. The summed E-state index contributed by atoms with van der Waals surface area (Å²) in [7, 11) is -1.61. The van der Waals surface area contributed by atoms with E-state index in [1.165, 1.54) is 44.5 Å². The number of hydrogen-bond acceptors (Lipinski definition) is 3. The molecular formula is C41H33BO3. The molecule has 0 saturated carbocycles. The van der Waals surface area contributed by atoms with E-state index in [0.29, 0.717) is 11.0 Å². The van der Waals surface area contributed by atoms with Crippen LogP contribution in [0.2, 0.25) is 0 Å². The number of fused-ring (bicyclic) bond motifs is 6. The molecule has 0 aliphatic heterocycles. The van der Waals surface area contributed by atoms with Crippen molar-refractivity contribution < 1.29 is 14.5 Å². The van der Waals surface area contributed by atoms with Crippen molar-refractivity contribution in [1.29, 1.82) is 0 Å². The molecule has 1 aliphatic rings. The molecule has 45 heavy (non-hydrogen) atoms. The molecule has 6 aromatic carbocycles. The van der Waals surface area contributed by atoms with E-state index >= 15 is 0 Å². The fourth-order valence-electron chi connectivity index (χ4n) is 7.39. The second-order valence-electron chi connectivity index (χ2n) is 12.7. The largest absolute Gasteiger partial charge is 0.492 e. The Labute approximate surface area is 263 Å². The third-order valence-electron chi connectivity index (χ3n) is 9.75. The number of furan rings is 1. The highest BCUT2D eigenvalue weighted by molar-refractivity contribution is 6.61. The smallest absolute Gasteiger partial charge is 0.456 e. The van der Waals surface area contributed by atoms with E-state index in [1.54, 1.807) is 6.07 Å². The second kappa shape index (κ2) is 10.6. The molecule has 0 fully saturated rings. The Hall–Kier alpha value is -4.90. The predicted octanol–water partition coefficient (Wildman–Crippen LogP) is 8.61. The molecule has 0 radical (unpaired) electrons. The van der Waals surface area contributed by atoms with Crippen molar-refractivity contribution in [3.8, 4) is 22.3 Å². The van der Waals surface area contributed by atoms with Gasteiger partial charge in [0.2, 0.25) is 0 Å². The summed E-state index contributed by atoms with van der Waals surface area (Å²) in [6.07, 6.45) is 0.785. The van der Waals surface area contributed by atoms with Gasteiger partial charge in [-0.25, -0.2) is 0 Å². The van der Waals surface area contributed by atoms with Gasteiger partial charge in [0.25, 0.3) is 0 Å². The molecule has 0 bridgehead atoms. The lowest BCUT2D eigenvalue weighted by molar-refractivity contribution is 0.425. The van der Waals surface area contributed by atoms with Crippen LogP contribution in [0, 0.1) is 0 Å². The molecule has 0 saturated heterocycles. The van der Waals surface area contributed by atoms with Crippen molar-refractivity contribution >= 4 is 34.5 Å². The quantitative estimate of drug-likeness (QED) is 0.193. The number of benzene rings is 6. The van der Waals surface area contributed by atoms with E-state index in [9.17, 15) is 10.0 Å². The second-order valence-corrected chi connectivity index (χ2v) is 12.7. The summed E-state index contributed by atoms with van der Waals surface area (Å²) in [5, 5.41) is 22.1. The van der Waals surface area contributed by atoms with E-state index in [4.69, 9.17) is 4.42 Å². The van der Waals surface area contributed by atoms with Gasteiger partial charge >= 0.3 is 7.12 Å². The zero-order chi connectivity index (χ0) is 30.7. The SMILES string of the molecule is CC1(C)c2ccccc2-c2ccc(C(Cc3ccc(-c4ccccc4)cc3)c3cccc4c3oc3c(B(O)O)cccc34)cc21. The van der Waals surface area contributed by atoms with Crippen molar-refractivity contribution in [3.63, 3.8) is 0 Å². The highest BCUT2D eigenvalue weighted by Crippen LogP contribution is 2.50. The van der Waals surface area contributed by atoms with Gasteiger partial charge in [-0.1, -0.05) is 147 Å². The molecule has 1 aromatic heterocycles. The van der Waals surface area contributed by atoms with E-state index in [-0.39, 0.29) is 11.3 Å². The van der Waals surface area contributed by atoms with Gasteiger partial charge in [-0.2, -0.15) is 0 Å². The number of rotatable bonds is 6. The van der Waals surface area contributed by atoms with Crippen LogP contribution < -0.4 is 5.46 Å². The molecule has 1 aliphatic carbocycles. The maximum Gasteiger partial charge on any atom is 0.492 e. The Morgan fingerprint density at radius 2 is 1.29 bits per heavy atom. The van der Waals surface area contributed by atoms with Crippen molar-refractivity contribution in [2.75, 3.05) is 0 Å². The summed E-state index contributed by atoms with van der Waals surface area (Å²) in [5.41, 5.74) is 12.8. The van der Waals surface area contributed by atoms with E-state index in [0.717, 1.165) is 28.3 Å². The summed E-state index contributed by atoms with van der Waals surface area (Å²) < 4.78 is 6.56. The predicted molar refractivity (Wildman–Crippen MR) is 185 cm³/mol. The van der Waals surface area contributed by atoms with Gasteiger partial charge in [-0.3, -0.25) is 0 Å². The molecule has 218 valence electrons. The fourth-order valence-corrected chi connectivity index (χ4v) is 7.39. The maximum absolute atomic E-state index is 10.1. The average molecular weight is 585 g/mol. The fraction of sp³-hybridized carbons (Fsp3) is 0.122. The Morgan fingerprint density at radius 1 is 0.622 bits per heavy atom. The van der Waals surface area contributed by atoms with Gasteiger partial charge in [-0.05, 0) is 50.9 Å². The van der Waals surface area contributed by atoms with Gasteiger partial charge < -0.3 is 14.5 Å². The zero-order valence-electron chi connectivity index (χ0n) is 25.4. The molecular weight excluding hydrogens is 551 g/mol. The van der Waals surface area contributed by atoms with Crippen LogP contribution in [0.4, 0.5) is 0 Å². The van der Waals surface area contributed by atoms with Crippen LogP contribution in [-0.2, 0) is 11.8 Å². The number of hydrogen-bond donors (Lipinski definition) is 2. The van der Waals surface area contributed by atoms with Crippen molar-refractivity contribution in [2.45, 2.75) is 31.6 Å². The Morgan fingerprint density at radius 3 is 2.07 bits per heavy atom. The summed E-state index contributed by atoms with van der Waals surface area (Å²) in [5.74, 6) is 0.00384. The Balaban J connectivity index is 1.29. The molecule has 1 unspecified atom stereocenters. The van der Waals surface area contributed by atoms with Crippen molar-refractivity contribution in [1.82, 2.24) is 0 Å². The van der Waals surface area contributed by atoms with Gasteiger partial charge in [0.1, 0.15) is 11.2 Å². The molecule has 1 heterocycles. The topological polar surface area (TPSA) is 53.6 Å². The average Bonchev–Trinajstić information content (AvgIpc) is 3.57. The van der Waals surface area contributed by atoms with Gasteiger partial charge in [0.05, 0.1) is 0 Å². The molecule has 3 nitrogen and oxygen atoms in total. The molecule has 0 spiro atoms. The lowest BCUT2D eigenvalue weighted by atomic mass is 9.79. The van der Waals surface area contributed by atoms with Crippen LogP contribution >= 0.6 is 0 Å². The molecule has 2 N–H and O–H groups in total. The highest BCUT2D eigenvalue weighted by atomic mass is 16.4. The minimum atomic E-state index is -1.61. The van der Waals surface area contributed by atoms with Crippen molar-refractivity contribution in [3.05, 3.63) is 161 Å². The van der Waals surface area contributed by atoms with Crippen LogP contribution in [0.25, 0.3) is 44.2 Å². The third kappa shape index (κ3) is 4.52. The maximum atomic E-state index is 10.1. The van der Waals surface area contributed by atoms with Crippen LogP contribution in [0.1, 0.15) is 47.6 Å².